The lowest BCUT2D eigenvalue weighted by molar-refractivity contribution is 0.0441. The Bertz CT molecular complexity index is 176. The summed E-state index contributed by atoms with van der Waals surface area (Å²) in [6, 6.07) is 0.647. The van der Waals surface area contributed by atoms with E-state index in [2.05, 4.69) is 19.2 Å². The predicted octanol–water partition coefficient (Wildman–Crippen LogP) is 4.28. The van der Waals surface area contributed by atoms with E-state index in [4.69, 9.17) is 4.74 Å². The first kappa shape index (κ1) is 16.0. The van der Waals surface area contributed by atoms with Crippen LogP contribution in [0.4, 0.5) is 0 Å². The Labute approximate surface area is 114 Å². The van der Waals surface area contributed by atoms with Gasteiger partial charge in [-0.25, -0.2) is 0 Å². The Morgan fingerprint density at radius 3 is 2.50 bits per heavy atom. The molecule has 0 aromatic heterocycles. The zero-order chi connectivity index (χ0) is 13.1. The Balaban J connectivity index is 1.93. The standard InChI is InChI=1S/C16H33NO/c1-3-4-7-10-15(2)17-13-14-18-16-11-8-5-6-9-12-16/h15-17H,3-14H2,1-2H3. The molecule has 1 atom stereocenters. The molecule has 0 bridgehead atoms. The maximum absolute atomic E-state index is 5.98. The van der Waals surface area contributed by atoms with Crippen LogP contribution in [0, 0.1) is 0 Å². The first-order valence-electron chi connectivity index (χ1n) is 8.18. The average molecular weight is 255 g/mol. The van der Waals surface area contributed by atoms with E-state index in [1.165, 1.54) is 64.2 Å². The molecule has 18 heavy (non-hydrogen) atoms. The van der Waals surface area contributed by atoms with Gasteiger partial charge in [-0.2, -0.15) is 0 Å². The average Bonchev–Trinajstić information content (AvgIpc) is 2.63. The van der Waals surface area contributed by atoms with Gasteiger partial charge in [0.1, 0.15) is 0 Å². The molecule has 108 valence electrons. The lowest BCUT2D eigenvalue weighted by Gasteiger charge is -2.17. The zero-order valence-corrected chi connectivity index (χ0v) is 12.5. The smallest absolute Gasteiger partial charge is 0.0594 e. The van der Waals surface area contributed by atoms with E-state index >= 15 is 0 Å². The van der Waals surface area contributed by atoms with Crippen molar-refractivity contribution in [1.29, 1.82) is 0 Å². The van der Waals surface area contributed by atoms with Crippen LogP contribution in [0.1, 0.15) is 78.1 Å². The lowest BCUT2D eigenvalue weighted by atomic mass is 10.1. The van der Waals surface area contributed by atoms with Crippen molar-refractivity contribution in [3.05, 3.63) is 0 Å². The molecule has 1 unspecified atom stereocenters. The molecule has 0 aliphatic heterocycles. The molecule has 0 spiro atoms. The Morgan fingerprint density at radius 1 is 1.11 bits per heavy atom. The number of hydrogen-bond acceptors (Lipinski definition) is 2. The third-order valence-corrected chi connectivity index (χ3v) is 3.99. The van der Waals surface area contributed by atoms with Crippen LogP contribution in [0.25, 0.3) is 0 Å². The fourth-order valence-corrected chi connectivity index (χ4v) is 2.74. The van der Waals surface area contributed by atoms with Crippen molar-refractivity contribution in [2.24, 2.45) is 0 Å². The van der Waals surface area contributed by atoms with Crippen molar-refractivity contribution in [2.45, 2.75) is 90.2 Å². The van der Waals surface area contributed by atoms with Gasteiger partial charge in [-0.15, -0.1) is 0 Å². The van der Waals surface area contributed by atoms with Crippen molar-refractivity contribution in [3.63, 3.8) is 0 Å². The fraction of sp³-hybridized carbons (Fsp3) is 1.00. The van der Waals surface area contributed by atoms with Crippen molar-refractivity contribution in [3.8, 4) is 0 Å². The van der Waals surface area contributed by atoms with Gasteiger partial charge in [0.05, 0.1) is 12.7 Å². The lowest BCUT2D eigenvalue weighted by Crippen LogP contribution is -2.30. The number of unbranched alkanes of at least 4 members (excludes halogenated alkanes) is 2. The summed E-state index contributed by atoms with van der Waals surface area (Å²) in [4.78, 5) is 0. The summed E-state index contributed by atoms with van der Waals surface area (Å²) in [5.41, 5.74) is 0. The molecule has 0 radical (unpaired) electrons. The maximum atomic E-state index is 5.98. The van der Waals surface area contributed by atoms with Crippen LogP contribution in [0.2, 0.25) is 0 Å². The molecule has 0 aromatic rings. The highest BCUT2D eigenvalue weighted by Crippen LogP contribution is 2.19. The van der Waals surface area contributed by atoms with E-state index in [0.29, 0.717) is 12.1 Å². The third kappa shape index (κ3) is 8.10. The highest BCUT2D eigenvalue weighted by molar-refractivity contribution is 4.65. The number of hydrogen-bond donors (Lipinski definition) is 1. The number of nitrogens with one attached hydrogen (secondary N) is 1. The molecule has 1 aliphatic rings. The molecule has 1 fully saturated rings. The van der Waals surface area contributed by atoms with Gasteiger partial charge in [0, 0.05) is 12.6 Å². The summed E-state index contributed by atoms with van der Waals surface area (Å²) >= 11 is 0. The Morgan fingerprint density at radius 2 is 1.83 bits per heavy atom. The van der Waals surface area contributed by atoms with Crippen LogP contribution in [0.5, 0.6) is 0 Å². The predicted molar refractivity (Wildman–Crippen MR) is 79.0 cm³/mol. The molecule has 2 nitrogen and oxygen atoms in total. The van der Waals surface area contributed by atoms with Crippen molar-refractivity contribution < 1.29 is 4.74 Å². The molecule has 0 amide bonds. The topological polar surface area (TPSA) is 21.3 Å². The van der Waals surface area contributed by atoms with Gasteiger partial charge in [0.25, 0.3) is 0 Å². The molecule has 1 N–H and O–H groups in total. The second-order valence-electron chi connectivity index (χ2n) is 5.84. The molecular formula is C16H33NO. The minimum absolute atomic E-state index is 0.546. The Kier molecular flexibility index (Phi) is 9.59. The molecule has 1 rings (SSSR count). The number of ether oxygens (including phenoxy) is 1. The largest absolute Gasteiger partial charge is 0.377 e. The molecule has 1 aliphatic carbocycles. The van der Waals surface area contributed by atoms with Crippen LogP contribution < -0.4 is 5.32 Å². The summed E-state index contributed by atoms with van der Waals surface area (Å²) in [5, 5.41) is 3.57. The van der Waals surface area contributed by atoms with Gasteiger partial charge in [0.2, 0.25) is 0 Å². The quantitative estimate of drug-likeness (QED) is 0.490. The van der Waals surface area contributed by atoms with Crippen LogP contribution >= 0.6 is 0 Å². The summed E-state index contributed by atoms with van der Waals surface area (Å²) in [5.74, 6) is 0. The van der Waals surface area contributed by atoms with Gasteiger partial charge in [0.15, 0.2) is 0 Å². The first-order chi connectivity index (χ1) is 8.83. The normalized spacial score (nSPS) is 19.7. The fourth-order valence-electron chi connectivity index (χ4n) is 2.74. The zero-order valence-electron chi connectivity index (χ0n) is 12.5. The molecule has 0 aromatic carbocycles. The molecule has 2 heteroatoms. The molecule has 1 saturated carbocycles. The summed E-state index contributed by atoms with van der Waals surface area (Å²) in [6.45, 7) is 6.46. The third-order valence-electron chi connectivity index (χ3n) is 3.99. The van der Waals surface area contributed by atoms with E-state index in [1.807, 2.05) is 0 Å². The van der Waals surface area contributed by atoms with Crippen LogP contribution in [0.15, 0.2) is 0 Å². The Hall–Kier alpha value is -0.0800. The van der Waals surface area contributed by atoms with Gasteiger partial charge in [-0.05, 0) is 26.2 Å². The molecular weight excluding hydrogens is 222 g/mol. The highest BCUT2D eigenvalue weighted by Gasteiger charge is 2.12. The van der Waals surface area contributed by atoms with Crippen molar-refractivity contribution in [1.82, 2.24) is 5.32 Å². The van der Waals surface area contributed by atoms with Gasteiger partial charge in [-0.1, -0.05) is 51.9 Å². The van der Waals surface area contributed by atoms with Gasteiger partial charge >= 0.3 is 0 Å². The van der Waals surface area contributed by atoms with E-state index in [0.717, 1.165) is 13.2 Å². The van der Waals surface area contributed by atoms with Crippen LogP contribution in [0.3, 0.4) is 0 Å². The van der Waals surface area contributed by atoms with E-state index in [1.54, 1.807) is 0 Å². The van der Waals surface area contributed by atoms with E-state index < -0.39 is 0 Å². The summed E-state index contributed by atoms with van der Waals surface area (Å²) < 4.78 is 5.98. The molecule has 0 heterocycles. The molecule has 0 saturated heterocycles. The second kappa shape index (κ2) is 10.8. The SMILES string of the molecule is CCCCCC(C)NCCOC1CCCCCC1. The minimum atomic E-state index is 0.546. The highest BCUT2D eigenvalue weighted by atomic mass is 16.5. The first-order valence-corrected chi connectivity index (χ1v) is 8.18. The van der Waals surface area contributed by atoms with Crippen molar-refractivity contribution >= 4 is 0 Å². The van der Waals surface area contributed by atoms with E-state index in [9.17, 15) is 0 Å². The van der Waals surface area contributed by atoms with Gasteiger partial charge < -0.3 is 10.1 Å². The summed E-state index contributed by atoms with van der Waals surface area (Å²) in [6.07, 6.45) is 14.0. The van der Waals surface area contributed by atoms with Crippen LogP contribution in [-0.4, -0.2) is 25.3 Å². The minimum Gasteiger partial charge on any atom is -0.377 e. The summed E-state index contributed by atoms with van der Waals surface area (Å²) in [7, 11) is 0. The monoisotopic (exact) mass is 255 g/mol. The van der Waals surface area contributed by atoms with Gasteiger partial charge in [-0.3, -0.25) is 0 Å². The second-order valence-corrected chi connectivity index (χ2v) is 5.84. The maximum Gasteiger partial charge on any atom is 0.0594 e. The number of rotatable bonds is 9. The van der Waals surface area contributed by atoms with Crippen LogP contribution in [-0.2, 0) is 4.74 Å². The van der Waals surface area contributed by atoms with Crippen molar-refractivity contribution in [2.75, 3.05) is 13.2 Å². The van der Waals surface area contributed by atoms with E-state index in [-0.39, 0.29) is 0 Å².